The van der Waals surface area contributed by atoms with E-state index in [0.29, 0.717) is 5.57 Å². The Labute approximate surface area is 130 Å². The van der Waals surface area contributed by atoms with Crippen molar-refractivity contribution in [2.24, 2.45) is 4.99 Å². The van der Waals surface area contributed by atoms with Crippen LogP contribution in [-0.2, 0) is 4.79 Å². The van der Waals surface area contributed by atoms with E-state index < -0.39 is 0 Å². The Bertz CT molecular complexity index is 564. The standard InChI is InChI=1S/C16H21N3OS/c1-12(2)11-21-14(4)18-9-13(3)16(20)19(5)15-7-6-8-17-10-15/h6-10H,1,11H2,2-5H3/b13-9+,18-14+. The van der Waals surface area contributed by atoms with Gasteiger partial charge >= 0.3 is 0 Å². The molecule has 0 aromatic carbocycles. The first-order valence-corrected chi connectivity index (χ1v) is 7.56. The van der Waals surface area contributed by atoms with Crippen LogP contribution < -0.4 is 4.90 Å². The van der Waals surface area contributed by atoms with Crippen LogP contribution in [0.3, 0.4) is 0 Å². The van der Waals surface area contributed by atoms with E-state index in [1.807, 2.05) is 19.9 Å². The Morgan fingerprint density at radius 3 is 2.76 bits per heavy atom. The van der Waals surface area contributed by atoms with Gasteiger partial charge in [0.25, 0.3) is 5.91 Å². The van der Waals surface area contributed by atoms with Crippen LogP contribution in [0.2, 0.25) is 0 Å². The molecule has 1 aromatic rings. The van der Waals surface area contributed by atoms with Crippen molar-refractivity contribution >= 4 is 28.4 Å². The molecule has 0 spiro atoms. The monoisotopic (exact) mass is 303 g/mol. The molecule has 0 atom stereocenters. The van der Waals surface area contributed by atoms with Crippen LogP contribution in [0.25, 0.3) is 0 Å². The highest BCUT2D eigenvalue weighted by Gasteiger charge is 2.12. The van der Waals surface area contributed by atoms with E-state index in [9.17, 15) is 4.79 Å². The minimum Gasteiger partial charge on any atom is -0.310 e. The quantitative estimate of drug-likeness (QED) is 0.361. The van der Waals surface area contributed by atoms with Gasteiger partial charge in [0.1, 0.15) is 0 Å². The van der Waals surface area contributed by atoms with Gasteiger partial charge in [0.2, 0.25) is 0 Å². The van der Waals surface area contributed by atoms with Gasteiger partial charge in [-0.25, -0.2) is 0 Å². The van der Waals surface area contributed by atoms with Gasteiger partial charge in [0.05, 0.1) is 16.9 Å². The highest BCUT2D eigenvalue weighted by atomic mass is 32.2. The molecule has 112 valence electrons. The van der Waals surface area contributed by atoms with Crippen molar-refractivity contribution in [2.45, 2.75) is 20.8 Å². The number of amides is 1. The topological polar surface area (TPSA) is 45.6 Å². The molecule has 4 nitrogen and oxygen atoms in total. The Balaban J connectivity index is 2.71. The Kier molecular flexibility index (Phi) is 6.88. The Morgan fingerprint density at radius 2 is 2.19 bits per heavy atom. The second-order valence-corrected chi connectivity index (χ2v) is 5.95. The van der Waals surface area contributed by atoms with Crippen LogP contribution in [0.4, 0.5) is 5.69 Å². The maximum Gasteiger partial charge on any atom is 0.255 e. The average Bonchev–Trinajstić information content (AvgIpc) is 2.49. The molecule has 0 unspecified atom stereocenters. The van der Waals surface area contributed by atoms with E-state index in [1.54, 1.807) is 55.3 Å². The number of nitrogens with zero attached hydrogens (tertiary/aromatic N) is 3. The van der Waals surface area contributed by atoms with E-state index in [0.717, 1.165) is 22.1 Å². The molecule has 1 aromatic heterocycles. The van der Waals surface area contributed by atoms with Gasteiger partial charge in [0, 0.05) is 30.8 Å². The van der Waals surface area contributed by atoms with Gasteiger partial charge in [-0.2, -0.15) is 0 Å². The molecule has 0 N–H and O–H groups in total. The molecule has 0 aliphatic carbocycles. The SMILES string of the molecule is C=C(C)CS/C(C)=N/C=C(\C)C(=O)N(C)c1cccnc1. The van der Waals surface area contributed by atoms with Crippen LogP contribution in [0.1, 0.15) is 20.8 Å². The smallest absolute Gasteiger partial charge is 0.255 e. The lowest BCUT2D eigenvalue weighted by molar-refractivity contribution is -0.114. The third kappa shape index (κ3) is 5.95. The van der Waals surface area contributed by atoms with E-state index in [4.69, 9.17) is 0 Å². The summed E-state index contributed by atoms with van der Waals surface area (Å²) in [5.74, 6) is 0.746. The van der Waals surface area contributed by atoms with E-state index in [2.05, 4.69) is 16.6 Å². The number of likely N-dealkylation sites (N-methyl/N-ethyl adjacent to an activating group) is 1. The summed E-state index contributed by atoms with van der Waals surface area (Å²) in [6.07, 6.45) is 4.94. The first kappa shape index (κ1) is 17.2. The van der Waals surface area contributed by atoms with Gasteiger partial charge in [-0.05, 0) is 32.9 Å². The first-order chi connectivity index (χ1) is 9.91. The number of aliphatic imine (C=N–C) groups is 1. The molecule has 0 aliphatic heterocycles. The van der Waals surface area contributed by atoms with Gasteiger partial charge < -0.3 is 4.90 Å². The third-order valence-electron chi connectivity index (χ3n) is 2.64. The number of carbonyl (C=O) groups is 1. The van der Waals surface area contributed by atoms with E-state index in [1.165, 1.54) is 0 Å². The Hall–Kier alpha value is -1.88. The first-order valence-electron chi connectivity index (χ1n) is 6.58. The number of thioether (sulfide) groups is 1. The fraction of sp³-hybridized carbons (Fsp3) is 0.312. The normalized spacial score (nSPS) is 12.2. The summed E-state index contributed by atoms with van der Waals surface area (Å²) >= 11 is 1.61. The van der Waals surface area contributed by atoms with Crippen LogP contribution in [0.5, 0.6) is 0 Å². The molecule has 0 bridgehead atoms. The lowest BCUT2D eigenvalue weighted by Crippen LogP contribution is -2.26. The Morgan fingerprint density at radius 1 is 1.48 bits per heavy atom. The van der Waals surface area contributed by atoms with Crippen LogP contribution in [0.15, 0.2) is 53.4 Å². The van der Waals surface area contributed by atoms with E-state index >= 15 is 0 Å². The highest BCUT2D eigenvalue weighted by molar-refractivity contribution is 8.14. The lowest BCUT2D eigenvalue weighted by Gasteiger charge is -2.16. The molecule has 0 aliphatic rings. The van der Waals surface area contributed by atoms with Crippen molar-refractivity contribution in [1.82, 2.24) is 4.98 Å². The van der Waals surface area contributed by atoms with Crippen molar-refractivity contribution in [3.8, 4) is 0 Å². The second kappa shape index (κ2) is 8.42. The number of hydrogen-bond donors (Lipinski definition) is 0. The van der Waals surface area contributed by atoms with Crippen molar-refractivity contribution in [3.63, 3.8) is 0 Å². The minimum absolute atomic E-state index is 0.0931. The maximum atomic E-state index is 12.3. The zero-order chi connectivity index (χ0) is 15.8. The second-order valence-electron chi connectivity index (χ2n) is 4.78. The van der Waals surface area contributed by atoms with Crippen molar-refractivity contribution < 1.29 is 4.79 Å². The molecule has 21 heavy (non-hydrogen) atoms. The summed E-state index contributed by atoms with van der Waals surface area (Å²) in [4.78, 5) is 22.1. The van der Waals surface area contributed by atoms with Gasteiger partial charge in [-0.3, -0.25) is 14.8 Å². The predicted octanol–water partition coefficient (Wildman–Crippen LogP) is 3.68. The molecule has 0 fully saturated rings. The number of hydrogen-bond acceptors (Lipinski definition) is 4. The van der Waals surface area contributed by atoms with Crippen LogP contribution in [0, 0.1) is 0 Å². The van der Waals surface area contributed by atoms with Crippen molar-refractivity contribution in [2.75, 3.05) is 17.7 Å². The minimum atomic E-state index is -0.0931. The average molecular weight is 303 g/mol. The van der Waals surface area contributed by atoms with Crippen LogP contribution in [-0.4, -0.2) is 28.7 Å². The molecular weight excluding hydrogens is 282 g/mol. The van der Waals surface area contributed by atoms with Gasteiger partial charge in [-0.1, -0.05) is 12.2 Å². The molecule has 0 saturated heterocycles. The predicted molar refractivity (Wildman–Crippen MR) is 91.8 cm³/mol. The number of rotatable bonds is 5. The number of pyridine rings is 1. The van der Waals surface area contributed by atoms with Crippen molar-refractivity contribution in [3.05, 3.63) is 48.5 Å². The van der Waals surface area contributed by atoms with Crippen LogP contribution >= 0.6 is 11.8 Å². The van der Waals surface area contributed by atoms with Gasteiger partial charge in [-0.15, -0.1) is 11.8 Å². The zero-order valence-corrected chi connectivity index (χ0v) is 13.8. The van der Waals surface area contributed by atoms with Crippen molar-refractivity contribution in [1.29, 1.82) is 0 Å². The van der Waals surface area contributed by atoms with Gasteiger partial charge in [0.15, 0.2) is 0 Å². The molecule has 0 radical (unpaired) electrons. The summed E-state index contributed by atoms with van der Waals surface area (Å²) in [6, 6.07) is 3.64. The molecule has 1 rings (SSSR count). The number of aromatic nitrogens is 1. The maximum absolute atomic E-state index is 12.3. The summed E-state index contributed by atoms with van der Waals surface area (Å²) in [5.41, 5.74) is 2.44. The summed E-state index contributed by atoms with van der Waals surface area (Å²) in [6.45, 7) is 9.51. The zero-order valence-electron chi connectivity index (χ0n) is 13.0. The summed E-state index contributed by atoms with van der Waals surface area (Å²) < 4.78 is 0. The third-order valence-corrected chi connectivity index (χ3v) is 3.80. The molecule has 0 saturated carbocycles. The summed E-state index contributed by atoms with van der Waals surface area (Å²) in [5, 5.41) is 0.911. The largest absolute Gasteiger partial charge is 0.310 e. The fourth-order valence-corrected chi connectivity index (χ4v) is 2.02. The summed E-state index contributed by atoms with van der Waals surface area (Å²) in [7, 11) is 1.73. The number of carbonyl (C=O) groups excluding carboxylic acids is 1. The number of anilines is 1. The van der Waals surface area contributed by atoms with E-state index in [-0.39, 0.29) is 5.91 Å². The highest BCUT2D eigenvalue weighted by Crippen LogP contribution is 2.13. The molecular formula is C16H21N3OS. The molecule has 5 heteroatoms. The lowest BCUT2D eigenvalue weighted by atomic mass is 10.2. The molecule has 1 heterocycles. The fourth-order valence-electron chi connectivity index (χ4n) is 1.44. The molecule has 1 amide bonds.